The molecule has 1 heterocycles. The van der Waals surface area contributed by atoms with E-state index in [1.807, 2.05) is 0 Å². The van der Waals surface area contributed by atoms with E-state index in [1.165, 1.54) is 23.1 Å². The van der Waals surface area contributed by atoms with Gasteiger partial charge < -0.3 is 19.8 Å². The molecule has 2 N–H and O–H groups in total. The van der Waals surface area contributed by atoms with Crippen molar-refractivity contribution in [2.24, 2.45) is 5.92 Å². The fourth-order valence-electron chi connectivity index (χ4n) is 3.56. The number of halogens is 4. The van der Waals surface area contributed by atoms with Crippen LogP contribution in [-0.2, 0) is 6.42 Å². The largest absolute Gasteiger partial charge is 0.493 e. The highest BCUT2D eigenvalue weighted by molar-refractivity contribution is 6.30. The predicted octanol–water partition coefficient (Wildman–Crippen LogP) is 3.95. The molecule has 1 fully saturated rings. The Morgan fingerprint density at radius 2 is 1.86 bits per heavy atom. The first-order valence-corrected chi connectivity index (χ1v) is 9.86. The van der Waals surface area contributed by atoms with Crippen LogP contribution < -0.4 is 9.64 Å². The number of ether oxygens (including phenoxy) is 1. The van der Waals surface area contributed by atoms with Gasteiger partial charge in [-0.05, 0) is 55.2 Å². The van der Waals surface area contributed by atoms with Crippen LogP contribution in [0, 0.1) is 23.4 Å². The first-order chi connectivity index (χ1) is 13.9. The molecule has 0 bridgehead atoms. The Kier molecular flexibility index (Phi) is 7.27. The average Bonchev–Trinajstić information content (AvgIpc) is 2.66. The minimum atomic E-state index is -0.848. The lowest BCUT2D eigenvalue weighted by molar-refractivity contribution is 0.0611. The van der Waals surface area contributed by atoms with Crippen LogP contribution in [0.1, 0.15) is 18.4 Å². The maximum atomic E-state index is 14.1. The normalized spacial score (nSPS) is 19.4. The molecule has 0 radical (unpaired) electrons. The summed E-state index contributed by atoms with van der Waals surface area (Å²) in [7, 11) is 0. The Hall–Kier alpha value is -1.96. The quantitative estimate of drug-likeness (QED) is 0.699. The fourth-order valence-corrected chi connectivity index (χ4v) is 3.76. The average molecular weight is 430 g/mol. The second-order valence-corrected chi connectivity index (χ2v) is 7.61. The van der Waals surface area contributed by atoms with Crippen molar-refractivity contribution in [3.8, 4) is 5.75 Å². The number of hydrogen-bond acceptors (Lipinski definition) is 4. The number of hydrogen-bond donors (Lipinski definition) is 2. The lowest BCUT2D eigenvalue weighted by Crippen LogP contribution is -2.46. The maximum absolute atomic E-state index is 14.1. The number of rotatable bonds is 7. The number of β-amino-alcohol motifs (C(OH)–C–C–N with tert-alkyl or cyclic N) is 1. The maximum Gasteiger partial charge on any atom is 0.151 e. The topological polar surface area (TPSA) is 52.9 Å². The van der Waals surface area contributed by atoms with E-state index in [1.54, 1.807) is 0 Å². The molecule has 4 nitrogen and oxygen atoms in total. The number of aliphatic hydroxyl groups is 2. The van der Waals surface area contributed by atoms with Gasteiger partial charge in [-0.3, -0.25) is 0 Å². The fraction of sp³-hybridized carbons (Fsp3) is 0.429. The number of benzene rings is 2. The summed E-state index contributed by atoms with van der Waals surface area (Å²) in [5.41, 5.74) is 0.453. The lowest BCUT2D eigenvalue weighted by Gasteiger charge is -2.37. The summed E-state index contributed by atoms with van der Waals surface area (Å²) in [6.07, 6.45) is 0.578. The number of aliphatic hydroxyl groups excluding tert-OH is 2. The Morgan fingerprint density at radius 3 is 2.52 bits per heavy atom. The minimum absolute atomic E-state index is 0.00898. The van der Waals surface area contributed by atoms with Gasteiger partial charge in [-0.1, -0.05) is 11.6 Å². The Balaban J connectivity index is 1.63. The highest BCUT2D eigenvalue weighted by Crippen LogP contribution is 2.31. The predicted molar refractivity (Wildman–Crippen MR) is 105 cm³/mol. The SMILES string of the molecule is OCCCc1cc(F)ccc1OCC1CCN(c2c(F)cc(Cl)cc2F)C[C@H]1O. The lowest BCUT2D eigenvalue weighted by atomic mass is 9.94. The molecule has 0 amide bonds. The molecule has 0 spiro atoms. The van der Waals surface area contributed by atoms with E-state index >= 15 is 0 Å². The first-order valence-electron chi connectivity index (χ1n) is 9.48. The van der Waals surface area contributed by atoms with Crippen molar-refractivity contribution >= 4 is 17.3 Å². The molecule has 2 aromatic rings. The molecule has 1 aliphatic rings. The van der Waals surface area contributed by atoms with Crippen LogP contribution in [0.4, 0.5) is 18.9 Å². The third-order valence-electron chi connectivity index (χ3n) is 5.10. The van der Waals surface area contributed by atoms with Crippen molar-refractivity contribution in [2.45, 2.75) is 25.4 Å². The van der Waals surface area contributed by atoms with Crippen molar-refractivity contribution < 1.29 is 28.1 Å². The zero-order valence-corrected chi connectivity index (χ0v) is 16.5. The number of nitrogens with zero attached hydrogens (tertiary/aromatic N) is 1. The summed E-state index contributed by atoms with van der Waals surface area (Å²) < 4.78 is 47.6. The number of anilines is 1. The number of aryl methyl sites for hydroxylation is 1. The molecule has 29 heavy (non-hydrogen) atoms. The third-order valence-corrected chi connectivity index (χ3v) is 5.32. The van der Waals surface area contributed by atoms with Gasteiger partial charge in [-0.15, -0.1) is 0 Å². The van der Waals surface area contributed by atoms with Crippen LogP contribution in [0.5, 0.6) is 5.75 Å². The van der Waals surface area contributed by atoms with E-state index in [2.05, 4.69) is 0 Å². The Bertz CT molecular complexity index is 829. The van der Waals surface area contributed by atoms with E-state index in [0.717, 1.165) is 12.1 Å². The molecule has 2 atom stereocenters. The molecule has 0 saturated carbocycles. The summed E-state index contributed by atoms with van der Waals surface area (Å²) in [6, 6.07) is 6.29. The molecule has 158 valence electrons. The van der Waals surface area contributed by atoms with Gasteiger partial charge in [0.05, 0.1) is 12.7 Å². The molecule has 3 rings (SSSR count). The van der Waals surface area contributed by atoms with Gasteiger partial charge in [0.15, 0.2) is 11.6 Å². The van der Waals surface area contributed by atoms with Crippen LogP contribution in [0.15, 0.2) is 30.3 Å². The van der Waals surface area contributed by atoms with Crippen LogP contribution in [0.3, 0.4) is 0 Å². The van der Waals surface area contributed by atoms with Gasteiger partial charge >= 0.3 is 0 Å². The van der Waals surface area contributed by atoms with Crippen LogP contribution in [-0.4, -0.2) is 42.6 Å². The van der Waals surface area contributed by atoms with Crippen molar-refractivity contribution in [2.75, 3.05) is 31.2 Å². The molecule has 0 aliphatic carbocycles. The highest BCUT2D eigenvalue weighted by atomic mass is 35.5. The Labute approximate surface area is 172 Å². The van der Waals surface area contributed by atoms with Crippen LogP contribution >= 0.6 is 11.6 Å². The van der Waals surface area contributed by atoms with Crippen molar-refractivity contribution in [1.82, 2.24) is 0 Å². The van der Waals surface area contributed by atoms with E-state index in [0.29, 0.717) is 37.1 Å². The summed E-state index contributed by atoms with van der Waals surface area (Å²) in [5.74, 6) is -1.65. The van der Waals surface area contributed by atoms with Gasteiger partial charge in [-0.2, -0.15) is 0 Å². The van der Waals surface area contributed by atoms with E-state index in [9.17, 15) is 18.3 Å². The van der Waals surface area contributed by atoms with Crippen LogP contribution in [0.2, 0.25) is 5.02 Å². The van der Waals surface area contributed by atoms with Gasteiger partial charge in [-0.25, -0.2) is 13.2 Å². The molecule has 1 unspecified atom stereocenters. The molecule has 1 saturated heterocycles. The summed E-state index contributed by atoms with van der Waals surface area (Å²) in [6.45, 7) is 0.592. The van der Waals surface area contributed by atoms with Crippen molar-refractivity contribution in [1.29, 1.82) is 0 Å². The summed E-state index contributed by atoms with van der Waals surface area (Å²) >= 11 is 5.66. The van der Waals surface area contributed by atoms with Crippen molar-refractivity contribution in [3.63, 3.8) is 0 Å². The standard InChI is InChI=1S/C21H23ClF3NO3/c22-15-9-17(24)21(18(25)10-15)26-6-5-14(19(28)11-26)12-29-20-4-3-16(23)8-13(20)2-1-7-27/h3-4,8-10,14,19,27-28H,1-2,5-7,11-12H2/t14?,19-/m1/s1. The molecular weight excluding hydrogens is 407 g/mol. The van der Waals surface area contributed by atoms with Gasteiger partial charge in [0.1, 0.15) is 17.3 Å². The highest BCUT2D eigenvalue weighted by Gasteiger charge is 2.31. The third kappa shape index (κ3) is 5.35. The summed E-state index contributed by atoms with van der Waals surface area (Å²) in [4.78, 5) is 1.47. The Morgan fingerprint density at radius 1 is 1.14 bits per heavy atom. The van der Waals surface area contributed by atoms with E-state index in [4.69, 9.17) is 21.4 Å². The van der Waals surface area contributed by atoms with Crippen molar-refractivity contribution in [3.05, 3.63) is 58.4 Å². The second kappa shape index (κ2) is 9.69. The van der Waals surface area contributed by atoms with Gasteiger partial charge in [0.2, 0.25) is 0 Å². The molecule has 1 aliphatic heterocycles. The zero-order valence-electron chi connectivity index (χ0n) is 15.8. The van der Waals surface area contributed by atoms with Crippen LogP contribution in [0.25, 0.3) is 0 Å². The molecule has 0 aromatic heterocycles. The van der Waals surface area contributed by atoms with E-state index < -0.39 is 17.7 Å². The monoisotopic (exact) mass is 429 g/mol. The molecule has 2 aromatic carbocycles. The van der Waals surface area contributed by atoms with Gasteiger partial charge in [0, 0.05) is 30.6 Å². The smallest absolute Gasteiger partial charge is 0.151 e. The van der Waals surface area contributed by atoms with E-state index in [-0.39, 0.29) is 42.2 Å². The zero-order chi connectivity index (χ0) is 21.0. The minimum Gasteiger partial charge on any atom is -0.493 e. The first kappa shape index (κ1) is 21.7. The second-order valence-electron chi connectivity index (χ2n) is 7.17. The number of piperidine rings is 1. The molecule has 8 heteroatoms. The molecular formula is C21H23ClF3NO3. The summed E-state index contributed by atoms with van der Waals surface area (Å²) in [5, 5.41) is 19.5. The van der Waals surface area contributed by atoms with Gasteiger partial charge in [0.25, 0.3) is 0 Å².